The molecule has 0 aromatic carbocycles. The lowest BCUT2D eigenvalue weighted by molar-refractivity contribution is 0.0696. The molecule has 1 aromatic heterocycles. The van der Waals surface area contributed by atoms with Crippen LogP contribution in [-0.2, 0) is 0 Å². The van der Waals surface area contributed by atoms with Gasteiger partial charge in [-0.15, -0.1) is 0 Å². The van der Waals surface area contributed by atoms with Gasteiger partial charge in [-0.3, -0.25) is 0 Å². The first-order valence-electron chi connectivity index (χ1n) is 6.31. The highest BCUT2D eigenvalue weighted by atomic mass is 19.1. The van der Waals surface area contributed by atoms with Crippen molar-refractivity contribution in [2.45, 2.75) is 32.7 Å². The van der Waals surface area contributed by atoms with Gasteiger partial charge in [0.1, 0.15) is 17.2 Å². The van der Waals surface area contributed by atoms with Crippen LogP contribution in [0.3, 0.4) is 0 Å². The molecule has 0 atom stereocenters. The van der Waals surface area contributed by atoms with Crippen LogP contribution in [0.1, 0.15) is 37.0 Å². The molecule has 0 aliphatic heterocycles. The van der Waals surface area contributed by atoms with Crippen molar-refractivity contribution >= 4 is 11.8 Å². The Morgan fingerprint density at radius 2 is 2.11 bits per heavy atom. The average Bonchev–Trinajstić information content (AvgIpc) is 2.39. The summed E-state index contributed by atoms with van der Waals surface area (Å²) in [6.07, 6.45) is 2.57. The lowest BCUT2D eigenvalue weighted by atomic mass is 10.1. The second-order valence-corrected chi connectivity index (χ2v) is 4.22. The number of carboxylic acid groups (broad SMARTS) is 1. The van der Waals surface area contributed by atoms with Gasteiger partial charge in [0, 0.05) is 12.6 Å². The minimum atomic E-state index is -1.23. The molecule has 0 saturated heterocycles. The fourth-order valence-corrected chi connectivity index (χ4v) is 2.12. The van der Waals surface area contributed by atoms with E-state index in [1.54, 1.807) is 4.90 Å². The predicted octanol–water partition coefficient (Wildman–Crippen LogP) is 1.91. The van der Waals surface area contributed by atoms with E-state index in [9.17, 15) is 9.18 Å². The van der Waals surface area contributed by atoms with Crippen molar-refractivity contribution in [3.63, 3.8) is 0 Å². The van der Waals surface area contributed by atoms with Crippen molar-refractivity contribution in [3.8, 4) is 0 Å². The van der Waals surface area contributed by atoms with E-state index in [0.29, 0.717) is 0 Å². The molecule has 0 aliphatic rings. The molecule has 0 fully saturated rings. The highest BCUT2D eigenvalue weighted by Crippen LogP contribution is 2.23. The third kappa shape index (κ3) is 3.64. The van der Waals surface area contributed by atoms with Gasteiger partial charge in [-0.1, -0.05) is 13.8 Å². The number of hydrogen-bond donors (Lipinski definition) is 2. The maximum Gasteiger partial charge on any atom is 0.339 e. The summed E-state index contributed by atoms with van der Waals surface area (Å²) in [5, 5.41) is 18.3. The van der Waals surface area contributed by atoms with Crippen molar-refractivity contribution in [1.29, 1.82) is 0 Å². The number of aliphatic hydroxyl groups is 1. The van der Waals surface area contributed by atoms with Gasteiger partial charge in [0.25, 0.3) is 0 Å². The molecule has 1 rings (SSSR count). The summed E-state index contributed by atoms with van der Waals surface area (Å²) >= 11 is 0. The normalized spacial score (nSPS) is 10.8. The maximum absolute atomic E-state index is 13.1. The molecule has 0 saturated carbocycles. The van der Waals surface area contributed by atoms with Crippen molar-refractivity contribution in [1.82, 2.24) is 4.98 Å². The van der Waals surface area contributed by atoms with Crippen LogP contribution in [0.25, 0.3) is 0 Å². The Labute approximate surface area is 111 Å². The van der Waals surface area contributed by atoms with Crippen LogP contribution in [0.15, 0.2) is 12.3 Å². The van der Waals surface area contributed by atoms with Gasteiger partial charge in [0.05, 0.1) is 12.8 Å². The smallest absolute Gasteiger partial charge is 0.339 e. The third-order valence-electron chi connectivity index (χ3n) is 3.06. The molecule has 0 amide bonds. The molecule has 0 spiro atoms. The van der Waals surface area contributed by atoms with E-state index in [1.165, 1.54) is 0 Å². The number of aromatic nitrogens is 1. The van der Waals surface area contributed by atoms with E-state index in [0.717, 1.165) is 25.1 Å². The van der Waals surface area contributed by atoms with E-state index in [1.807, 2.05) is 13.8 Å². The number of hydrogen-bond acceptors (Lipinski definition) is 4. The Hall–Kier alpha value is -1.69. The Morgan fingerprint density at radius 1 is 1.47 bits per heavy atom. The lowest BCUT2D eigenvalue weighted by Crippen LogP contribution is -2.38. The summed E-state index contributed by atoms with van der Waals surface area (Å²) in [5.74, 6) is -1.71. The highest BCUT2D eigenvalue weighted by molar-refractivity contribution is 5.93. The molecular weight excluding hydrogens is 251 g/mol. The summed E-state index contributed by atoms with van der Waals surface area (Å²) in [6.45, 7) is 4.10. The fourth-order valence-electron chi connectivity index (χ4n) is 2.12. The summed E-state index contributed by atoms with van der Waals surface area (Å²) < 4.78 is 13.1. The van der Waals surface area contributed by atoms with Gasteiger partial charge >= 0.3 is 5.97 Å². The van der Waals surface area contributed by atoms with Crippen molar-refractivity contribution < 1.29 is 19.4 Å². The number of aromatic carboxylic acids is 1. The number of rotatable bonds is 7. The van der Waals surface area contributed by atoms with Crippen LogP contribution in [-0.4, -0.2) is 40.4 Å². The van der Waals surface area contributed by atoms with E-state index in [2.05, 4.69) is 4.98 Å². The van der Waals surface area contributed by atoms with Gasteiger partial charge in [-0.05, 0) is 18.9 Å². The standard InChI is InChI=1S/C13H19FN2O3/c1-3-10(4-2)16(5-6-17)12-11(13(18)19)7-9(14)8-15-12/h7-8,10,17H,3-6H2,1-2H3,(H,18,19). The summed E-state index contributed by atoms with van der Waals surface area (Å²) in [4.78, 5) is 16.8. The Balaban J connectivity index is 3.25. The summed E-state index contributed by atoms with van der Waals surface area (Å²) in [6, 6.07) is 1.01. The van der Waals surface area contributed by atoms with Crippen molar-refractivity contribution in [3.05, 3.63) is 23.6 Å². The zero-order chi connectivity index (χ0) is 14.4. The molecule has 1 heterocycles. The van der Waals surface area contributed by atoms with Gasteiger partial charge in [-0.25, -0.2) is 14.2 Å². The highest BCUT2D eigenvalue weighted by Gasteiger charge is 2.23. The second kappa shape index (κ2) is 7.04. The quantitative estimate of drug-likeness (QED) is 0.791. The minimum absolute atomic E-state index is 0.0585. The van der Waals surface area contributed by atoms with E-state index in [4.69, 9.17) is 10.2 Å². The van der Waals surface area contributed by atoms with Crippen molar-refractivity contribution in [2.24, 2.45) is 0 Å². The molecule has 5 nitrogen and oxygen atoms in total. The van der Waals surface area contributed by atoms with Crippen LogP contribution in [0, 0.1) is 5.82 Å². The maximum atomic E-state index is 13.1. The summed E-state index contributed by atoms with van der Waals surface area (Å²) in [5.41, 5.74) is -0.180. The molecule has 6 heteroatoms. The SMILES string of the molecule is CCC(CC)N(CCO)c1ncc(F)cc1C(=O)O. The second-order valence-electron chi connectivity index (χ2n) is 4.22. The number of anilines is 1. The fraction of sp³-hybridized carbons (Fsp3) is 0.538. The Kier molecular flexibility index (Phi) is 5.69. The Bertz CT molecular complexity index is 436. The monoisotopic (exact) mass is 270 g/mol. The number of aliphatic hydroxyl groups excluding tert-OH is 1. The van der Waals surface area contributed by atoms with Gasteiger partial charge in [0.2, 0.25) is 0 Å². The number of carbonyl (C=O) groups is 1. The van der Waals surface area contributed by atoms with Gasteiger partial charge < -0.3 is 15.1 Å². The van der Waals surface area contributed by atoms with E-state index in [-0.39, 0.29) is 30.6 Å². The van der Waals surface area contributed by atoms with Crippen LogP contribution < -0.4 is 4.90 Å². The molecule has 0 unspecified atom stereocenters. The molecule has 106 valence electrons. The van der Waals surface area contributed by atoms with Gasteiger partial charge in [-0.2, -0.15) is 0 Å². The molecular formula is C13H19FN2O3. The average molecular weight is 270 g/mol. The molecule has 1 aromatic rings. The first-order chi connectivity index (χ1) is 9.04. The topological polar surface area (TPSA) is 73.7 Å². The van der Waals surface area contributed by atoms with Crippen molar-refractivity contribution in [2.75, 3.05) is 18.1 Å². The Morgan fingerprint density at radius 3 is 2.58 bits per heavy atom. The van der Waals surface area contributed by atoms with Crippen LogP contribution in [0.2, 0.25) is 0 Å². The number of nitrogens with zero attached hydrogens (tertiary/aromatic N) is 2. The molecule has 19 heavy (non-hydrogen) atoms. The van der Waals surface area contributed by atoms with E-state index >= 15 is 0 Å². The zero-order valence-electron chi connectivity index (χ0n) is 11.1. The molecule has 2 N–H and O–H groups in total. The van der Waals surface area contributed by atoms with Gasteiger partial charge in [0.15, 0.2) is 0 Å². The largest absolute Gasteiger partial charge is 0.478 e. The van der Waals surface area contributed by atoms with E-state index < -0.39 is 11.8 Å². The first kappa shape index (κ1) is 15.4. The lowest BCUT2D eigenvalue weighted by Gasteiger charge is -2.31. The number of carboxylic acids is 1. The minimum Gasteiger partial charge on any atom is -0.478 e. The van der Waals surface area contributed by atoms with Crippen LogP contribution >= 0.6 is 0 Å². The third-order valence-corrected chi connectivity index (χ3v) is 3.06. The molecule has 0 radical (unpaired) electrons. The zero-order valence-corrected chi connectivity index (χ0v) is 11.1. The molecule has 0 aliphatic carbocycles. The molecule has 0 bridgehead atoms. The number of halogens is 1. The number of pyridine rings is 1. The van der Waals surface area contributed by atoms with Crippen LogP contribution in [0.5, 0.6) is 0 Å². The summed E-state index contributed by atoms with van der Waals surface area (Å²) in [7, 11) is 0. The van der Waals surface area contributed by atoms with Crippen LogP contribution in [0.4, 0.5) is 10.2 Å². The predicted molar refractivity (Wildman–Crippen MR) is 70.0 cm³/mol. The first-order valence-corrected chi connectivity index (χ1v) is 6.31.